The van der Waals surface area contributed by atoms with Gasteiger partial charge in [-0.3, -0.25) is 0 Å². The van der Waals surface area contributed by atoms with Gasteiger partial charge in [0.15, 0.2) is 11.6 Å². The van der Waals surface area contributed by atoms with Crippen molar-refractivity contribution < 1.29 is 13.5 Å². The molecule has 0 aromatic heterocycles. The average Bonchev–Trinajstić information content (AvgIpc) is 2.35. The summed E-state index contributed by atoms with van der Waals surface area (Å²) in [6.45, 7) is 4.27. The largest absolute Gasteiger partial charge is 0.453 e. The van der Waals surface area contributed by atoms with Gasteiger partial charge in [-0.15, -0.1) is 0 Å². The normalized spacial score (nSPS) is 10.9. The third-order valence-electron chi connectivity index (χ3n) is 2.75. The minimum atomic E-state index is -0.818. The molecule has 2 rings (SSSR count). The zero-order valence-corrected chi connectivity index (χ0v) is 12.0. The highest BCUT2D eigenvalue weighted by atomic mass is 35.5. The Balaban J connectivity index is 2.18. The lowest BCUT2D eigenvalue weighted by Crippen LogP contribution is -1.94. The zero-order valence-electron chi connectivity index (χ0n) is 11.3. The Morgan fingerprint density at radius 1 is 1.10 bits per heavy atom. The van der Waals surface area contributed by atoms with E-state index >= 15 is 0 Å². The number of hydrogen-bond acceptors (Lipinski definition) is 1. The lowest BCUT2D eigenvalue weighted by atomic mass is 10.0. The number of benzene rings is 2. The minimum absolute atomic E-state index is 0.0891. The molecule has 0 radical (unpaired) electrons. The quantitative estimate of drug-likeness (QED) is 0.712. The molecule has 0 atom stereocenters. The highest BCUT2D eigenvalue weighted by Crippen LogP contribution is 2.33. The molecular weight excluding hydrogens is 282 g/mol. The summed E-state index contributed by atoms with van der Waals surface area (Å²) in [7, 11) is 0. The van der Waals surface area contributed by atoms with Crippen molar-refractivity contribution in [2.24, 2.45) is 5.92 Å². The van der Waals surface area contributed by atoms with Crippen LogP contribution in [0.2, 0.25) is 5.02 Å². The van der Waals surface area contributed by atoms with Crippen LogP contribution in [0.4, 0.5) is 8.78 Å². The Labute approximate surface area is 122 Å². The number of ether oxygens (including phenoxy) is 1. The van der Waals surface area contributed by atoms with Gasteiger partial charge in [-0.05, 0) is 36.1 Å². The van der Waals surface area contributed by atoms with E-state index in [1.807, 2.05) is 12.1 Å². The van der Waals surface area contributed by atoms with Crippen LogP contribution in [0.25, 0.3) is 0 Å². The van der Waals surface area contributed by atoms with Crippen LogP contribution in [0, 0.1) is 17.6 Å². The minimum Gasteiger partial charge on any atom is -0.453 e. The lowest BCUT2D eigenvalue weighted by molar-refractivity contribution is 0.438. The molecule has 0 bridgehead atoms. The van der Waals surface area contributed by atoms with E-state index in [1.54, 1.807) is 12.1 Å². The molecule has 20 heavy (non-hydrogen) atoms. The molecule has 4 heteroatoms. The molecule has 2 aromatic carbocycles. The summed E-state index contributed by atoms with van der Waals surface area (Å²) in [5.41, 5.74) is 1.18. The van der Waals surface area contributed by atoms with E-state index in [0.29, 0.717) is 11.7 Å². The topological polar surface area (TPSA) is 9.23 Å². The standard InChI is InChI=1S/C16H15ClF2O/c1-10(2)7-11-3-5-13(6-4-11)20-16-14(17)8-12(18)9-15(16)19/h3-6,8-10H,7H2,1-2H3. The molecule has 0 amide bonds. The molecule has 0 N–H and O–H groups in total. The average molecular weight is 297 g/mol. The van der Waals surface area contributed by atoms with Crippen LogP contribution >= 0.6 is 11.6 Å². The van der Waals surface area contributed by atoms with Crippen molar-refractivity contribution >= 4 is 11.6 Å². The molecule has 2 aromatic rings. The van der Waals surface area contributed by atoms with Gasteiger partial charge in [0, 0.05) is 6.07 Å². The Morgan fingerprint density at radius 3 is 2.30 bits per heavy atom. The monoisotopic (exact) mass is 296 g/mol. The van der Waals surface area contributed by atoms with Crippen molar-refractivity contribution in [3.05, 3.63) is 58.6 Å². The van der Waals surface area contributed by atoms with E-state index in [9.17, 15) is 8.78 Å². The third kappa shape index (κ3) is 3.70. The third-order valence-corrected chi connectivity index (χ3v) is 3.03. The fourth-order valence-corrected chi connectivity index (χ4v) is 2.14. The summed E-state index contributed by atoms with van der Waals surface area (Å²) in [5, 5.41) is -0.0891. The van der Waals surface area contributed by atoms with Gasteiger partial charge in [-0.25, -0.2) is 8.78 Å². The molecule has 0 aliphatic carbocycles. The molecule has 0 saturated carbocycles. The second-order valence-corrected chi connectivity index (χ2v) is 5.45. The summed E-state index contributed by atoms with van der Waals surface area (Å²) < 4.78 is 31.9. The first-order valence-electron chi connectivity index (χ1n) is 6.37. The van der Waals surface area contributed by atoms with E-state index in [1.165, 1.54) is 5.56 Å². The lowest BCUT2D eigenvalue weighted by Gasteiger charge is -2.10. The summed E-state index contributed by atoms with van der Waals surface area (Å²) in [6.07, 6.45) is 0.964. The predicted molar refractivity (Wildman–Crippen MR) is 76.4 cm³/mol. The van der Waals surface area contributed by atoms with Gasteiger partial charge in [0.1, 0.15) is 11.6 Å². The smallest absolute Gasteiger partial charge is 0.181 e. The van der Waals surface area contributed by atoms with Crippen LogP contribution in [0.5, 0.6) is 11.5 Å². The molecule has 0 heterocycles. The van der Waals surface area contributed by atoms with Gasteiger partial charge < -0.3 is 4.74 Å². The van der Waals surface area contributed by atoms with Crippen molar-refractivity contribution in [1.29, 1.82) is 0 Å². The summed E-state index contributed by atoms with van der Waals surface area (Å²) in [6, 6.07) is 9.10. The van der Waals surface area contributed by atoms with Crippen LogP contribution in [-0.4, -0.2) is 0 Å². The van der Waals surface area contributed by atoms with Crippen molar-refractivity contribution in [2.45, 2.75) is 20.3 Å². The summed E-state index contributed by atoms with van der Waals surface area (Å²) in [5.74, 6) is -0.686. The van der Waals surface area contributed by atoms with Crippen LogP contribution < -0.4 is 4.74 Å². The number of hydrogen-bond donors (Lipinski definition) is 0. The second-order valence-electron chi connectivity index (χ2n) is 5.04. The van der Waals surface area contributed by atoms with Crippen LogP contribution in [0.3, 0.4) is 0 Å². The second kappa shape index (κ2) is 6.23. The van der Waals surface area contributed by atoms with Gasteiger partial charge in [0.05, 0.1) is 5.02 Å². The van der Waals surface area contributed by atoms with Crippen molar-refractivity contribution in [3.63, 3.8) is 0 Å². The molecule has 0 aliphatic rings. The highest BCUT2D eigenvalue weighted by Gasteiger charge is 2.12. The first kappa shape index (κ1) is 14.8. The molecule has 0 saturated heterocycles. The van der Waals surface area contributed by atoms with E-state index < -0.39 is 11.6 Å². The Morgan fingerprint density at radius 2 is 1.75 bits per heavy atom. The van der Waals surface area contributed by atoms with E-state index in [-0.39, 0.29) is 10.8 Å². The van der Waals surface area contributed by atoms with Crippen LogP contribution in [0.1, 0.15) is 19.4 Å². The van der Waals surface area contributed by atoms with Gasteiger partial charge in [0.2, 0.25) is 0 Å². The summed E-state index contributed by atoms with van der Waals surface area (Å²) in [4.78, 5) is 0. The van der Waals surface area contributed by atoms with E-state index in [2.05, 4.69) is 13.8 Å². The maximum atomic E-state index is 13.6. The first-order chi connectivity index (χ1) is 9.45. The van der Waals surface area contributed by atoms with Gasteiger partial charge in [-0.1, -0.05) is 37.6 Å². The van der Waals surface area contributed by atoms with E-state index in [4.69, 9.17) is 16.3 Å². The zero-order chi connectivity index (χ0) is 14.7. The Kier molecular flexibility index (Phi) is 4.61. The van der Waals surface area contributed by atoms with Gasteiger partial charge >= 0.3 is 0 Å². The SMILES string of the molecule is CC(C)Cc1ccc(Oc2c(F)cc(F)cc2Cl)cc1. The Hall–Kier alpha value is -1.61. The maximum Gasteiger partial charge on any atom is 0.181 e. The van der Waals surface area contributed by atoms with Crippen molar-refractivity contribution in [2.75, 3.05) is 0 Å². The highest BCUT2D eigenvalue weighted by molar-refractivity contribution is 6.32. The van der Waals surface area contributed by atoms with Crippen molar-refractivity contribution in [1.82, 2.24) is 0 Å². The fourth-order valence-electron chi connectivity index (χ4n) is 1.91. The fraction of sp³-hybridized carbons (Fsp3) is 0.250. The molecule has 1 nitrogen and oxygen atoms in total. The van der Waals surface area contributed by atoms with Crippen LogP contribution in [0.15, 0.2) is 36.4 Å². The molecule has 0 fully saturated rings. The number of halogens is 3. The number of rotatable bonds is 4. The molecule has 0 spiro atoms. The van der Waals surface area contributed by atoms with Gasteiger partial charge in [0.25, 0.3) is 0 Å². The molecule has 0 aliphatic heterocycles. The predicted octanol–water partition coefficient (Wildman–Crippen LogP) is 5.61. The molecular formula is C16H15ClF2O. The first-order valence-corrected chi connectivity index (χ1v) is 6.75. The Bertz CT molecular complexity index is 571. The van der Waals surface area contributed by atoms with E-state index in [0.717, 1.165) is 18.6 Å². The van der Waals surface area contributed by atoms with Crippen molar-refractivity contribution in [3.8, 4) is 11.5 Å². The molecule has 0 unspecified atom stereocenters. The van der Waals surface area contributed by atoms with Crippen LogP contribution in [-0.2, 0) is 6.42 Å². The maximum absolute atomic E-state index is 13.6. The summed E-state index contributed by atoms with van der Waals surface area (Å²) >= 11 is 5.78. The molecule has 106 valence electrons. The van der Waals surface area contributed by atoms with Gasteiger partial charge in [-0.2, -0.15) is 0 Å².